The molecular formula is C22H19N3O. The highest BCUT2D eigenvalue weighted by Crippen LogP contribution is 2.28. The van der Waals surface area contributed by atoms with E-state index >= 15 is 0 Å². The van der Waals surface area contributed by atoms with Gasteiger partial charge in [0.1, 0.15) is 5.71 Å². The Morgan fingerprint density at radius 2 is 1.27 bits per heavy atom. The molecule has 3 aromatic carbocycles. The molecule has 0 saturated heterocycles. The number of rotatable bonds is 2. The molecule has 0 spiro atoms. The molecule has 2 amide bonds. The number of nitrogens with zero attached hydrogens (tertiary/aromatic N) is 3. The minimum Gasteiger partial charge on any atom is -0.295 e. The molecule has 1 aliphatic rings. The summed E-state index contributed by atoms with van der Waals surface area (Å²) >= 11 is 0. The third-order valence-electron chi connectivity index (χ3n) is 4.60. The Kier molecular flexibility index (Phi) is 4.01. The Bertz CT molecular complexity index is 978. The van der Waals surface area contributed by atoms with Crippen LogP contribution in [0.3, 0.4) is 0 Å². The first kappa shape index (κ1) is 16.1. The van der Waals surface area contributed by atoms with Crippen LogP contribution in [0.25, 0.3) is 11.1 Å². The van der Waals surface area contributed by atoms with E-state index in [1.807, 2.05) is 42.5 Å². The second kappa shape index (κ2) is 6.48. The van der Waals surface area contributed by atoms with Gasteiger partial charge in [0, 0.05) is 25.2 Å². The van der Waals surface area contributed by atoms with Crippen molar-refractivity contribution in [1.29, 1.82) is 0 Å². The van der Waals surface area contributed by atoms with Gasteiger partial charge < -0.3 is 0 Å². The summed E-state index contributed by atoms with van der Waals surface area (Å²) in [4.78, 5) is 14.1. The van der Waals surface area contributed by atoms with Crippen LogP contribution in [0, 0.1) is 0 Å². The van der Waals surface area contributed by atoms with Crippen molar-refractivity contribution in [3.8, 4) is 11.1 Å². The van der Waals surface area contributed by atoms with Gasteiger partial charge in [0.2, 0.25) is 0 Å². The molecular weight excluding hydrogens is 322 g/mol. The molecule has 0 N–H and O–H groups in total. The lowest BCUT2D eigenvalue weighted by Crippen LogP contribution is -2.34. The van der Waals surface area contributed by atoms with E-state index in [9.17, 15) is 4.79 Å². The Morgan fingerprint density at radius 1 is 0.692 bits per heavy atom. The molecule has 0 atom stereocenters. The third kappa shape index (κ3) is 2.75. The highest BCUT2D eigenvalue weighted by molar-refractivity contribution is 6.18. The molecule has 4 heteroatoms. The van der Waals surface area contributed by atoms with Crippen molar-refractivity contribution in [2.24, 2.45) is 5.10 Å². The minimum absolute atomic E-state index is 0.159. The number of hydrazone groups is 1. The number of para-hydroxylation sites is 1. The van der Waals surface area contributed by atoms with Crippen molar-refractivity contribution in [1.82, 2.24) is 5.01 Å². The first-order valence-corrected chi connectivity index (χ1v) is 8.50. The van der Waals surface area contributed by atoms with Gasteiger partial charge in [-0.2, -0.15) is 5.10 Å². The van der Waals surface area contributed by atoms with E-state index < -0.39 is 0 Å². The summed E-state index contributed by atoms with van der Waals surface area (Å²) in [6.07, 6.45) is 0. The fourth-order valence-electron chi connectivity index (χ4n) is 3.20. The molecule has 4 rings (SSSR count). The highest BCUT2D eigenvalue weighted by atomic mass is 16.2. The maximum atomic E-state index is 12.5. The molecule has 1 aliphatic heterocycles. The second-order valence-electron chi connectivity index (χ2n) is 6.27. The zero-order valence-electron chi connectivity index (χ0n) is 14.8. The minimum atomic E-state index is -0.159. The quantitative estimate of drug-likeness (QED) is 0.670. The first-order valence-electron chi connectivity index (χ1n) is 8.50. The van der Waals surface area contributed by atoms with E-state index in [-0.39, 0.29) is 6.03 Å². The monoisotopic (exact) mass is 341 g/mol. The third-order valence-corrected chi connectivity index (χ3v) is 4.60. The Labute approximate surface area is 153 Å². The van der Waals surface area contributed by atoms with E-state index in [1.165, 1.54) is 10.6 Å². The summed E-state index contributed by atoms with van der Waals surface area (Å²) in [5.74, 6) is 0. The Hall–Kier alpha value is -3.40. The predicted molar refractivity (Wildman–Crippen MR) is 106 cm³/mol. The molecule has 3 aromatic rings. The van der Waals surface area contributed by atoms with Gasteiger partial charge >= 0.3 is 6.03 Å². The molecule has 0 unspecified atom stereocenters. The van der Waals surface area contributed by atoms with Crippen molar-refractivity contribution in [3.63, 3.8) is 0 Å². The number of fused-ring (bicyclic) bond motifs is 1. The number of anilines is 1. The lowest BCUT2D eigenvalue weighted by Gasteiger charge is -2.19. The van der Waals surface area contributed by atoms with Crippen LogP contribution in [-0.2, 0) is 0 Å². The number of carbonyl (C=O) groups is 1. The number of hydrogen-bond donors (Lipinski definition) is 0. The average molecular weight is 341 g/mol. The number of amides is 2. The van der Waals surface area contributed by atoms with Crippen molar-refractivity contribution >= 4 is 17.4 Å². The molecule has 0 fully saturated rings. The van der Waals surface area contributed by atoms with E-state index in [1.54, 1.807) is 19.0 Å². The van der Waals surface area contributed by atoms with Crippen LogP contribution in [0.4, 0.5) is 10.5 Å². The fraction of sp³-hybridized carbons (Fsp3) is 0.0909. The van der Waals surface area contributed by atoms with E-state index in [4.69, 9.17) is 0 Å². The van der Waals surface area contributed by atoms with Gasteiger partial charge in [-0.25, -0.2) is 9.80 Å². The van der Waals surface area contributed by atoms with Gasteiger partial charge in [-0.15, -0.1) is 0 Å². The largest absolute Gasteiger partial charge is 0.344 e. The fourth-order valence-corrected chi connectivity index (χ4v) is 3.20. The van der Waals surface area contributed by atoms with E-state index in [0.717, 1.165) is 28.1 Å². The summed E-state index contributed by atoms with van der Waals surface area (Å²) in [6, 6.07) is 26.2. The van der Waals surface area contributed by atoms with Crippen LogP contribution in [0.5, 0.6) is 0 Å². The van der Waals surface area contributed by atoms with E-state index in [2.05, 4.69) is 41.5 Å². The molecule has 0 radical (unpaired) electrons. The number of carbonyl (C=O) groups excluding carboxylic acids is 1. The van der Waals surface area contributed by atoms with Crippen LogP contribution in [0.2, 0.25) is 0 Å². The zero-order chi connectivity index (χ0) is 18.1. The van der Waals surface area contributed by atoms with Crippen molar-refractivity contribution < 1.29 is 4.79 Å². The lowest BCUT2D eigenvalue weighted by molar-refractivity contribution is 0.219. The summed E-state index contributed by atoms with van der Waals surface area (Å²) in [6.45, 7) is 0. The summed E-state index contributed by atoms with van der Waals surface area (Å²) < 4.78 is 0. The van der Waals surface area contributed by atoms with Gasteiger partial charge in [-0.3, -0.25) is 4.90 Å². The van der Waals surface area contributed by atoms with Crippen LogP contribution >= 0.6 is 0 Å². The van der Waals surface area contributed by atoms with Gasteiger partial charge in [-0.1, -0.05) is 72.8 Å². The smallest absolute Gasteiger partial charge is 0.295 e. The topological polar surface area (TPSA) is 35.9 Å². The Morgan fingerprint density at radius 3 is 2.00 bits per heavy atom. The van der Waals surface area contributed by atoms with Crippen LogP contribution in [-0.4, -0.2) is 30.8 Å². The van der Waals surface area contributed by atoms with Crippen LogP contribution in [0.15, 0.2) is 84.0 Å². The summed E-state index contributed by atoms with van der Waals surface area (Å²) in [5.41, 5.74) is 5.90. The predicted octanol–water partition coefficient (Wildman–Crippen LogP) is 4.61. The lowest BCUT2D eigenvalue weighted by atomic mass is 9.97. The second-order valence-corrected chi connectivity index (χ2v) is 6.27. The van der Waals surface area contributed by atoms with Gasteiger partial charge in [0.05, 0.1) is 5.69 Å². The van der Waals surface area contributed by atoms with Gasteiger partial charge in [0.15, 0.2) is 0 Å². The SMILES string of the molecule is CN1N=C(c2ccc(-c3ccccc3)cc2)c2ccccc2N(C)C1=O. The molecule has 0 bridgehead atoms. The number of urea groups is 1. The van der Waals surface area contributed by atoms with Crippen molar-refractivity contribution in [2.45, 2.75) is 0 Å². The molecule has 4 nitrogen and oxygen atoms in total. The van der Waals surface area contributed by atoms with Gasteiger partial charge in [-0.05, 0) is 17.2 Å². The summed E-state index contributed by atoms with van der Waals surface area (Å²) in [7, 11) is 3.46. The van der Waals surface area contributed by atoms with Crippen LogP contribution in [0.1, 0.15) is 11.1 Å². The first-order chi connectivity index (χ1) is 12.6. The molecule has 26 heavy (non-hydrogen) atoms. The van der Waals surface area contributed by atoms with Crippen molar-refractivity contribution in [3.05, 3.63) is 90.0 Å². The maximum Gasteiger partial charge on any atom is 0.344 e. The number of hydrogen-bond acceptors (Lipinski definition) is 2. The molecule has 0 aliphatic carbocycles. The van der Waals surface area contributed by atoms with E-state index in [0.29, 0.717) is 0 Å². The normalized spacial score (nSPS) is 13.9. The van der Waals surface area contributed by atoms with Crippen molar-refractivity contribution in [2.75, 3.05) is 19.0 Å². The molecule has 1 heterocycles. The molecule has 0 saturated carbocycles. The molecule has 0 aromatic heterocycles. The summed E-state index contributed by atoms with van der Waals surface area (Å²) in [5, 5.41) is 5.97. The highest BCUT2D eigenvalue weighted by Gasteiger charge is 2.25. The Balaban J connectivity index is 1.80. The van der Waals surface area contributed by atoms with Gasteiger partial charge in [0.25, 0.3) is 0 Å². The maximum absolute atomic E-state index is 12.5. The molecule has 128 valence electrons. The average Bonchev–Trinajstić information content (AvgIpc) is 2.80. The number of benzene rings is 3. The zero-order valence-corrected chi connectivity index (χ0v) is 14.8. The van der Waals surface area contributed by atoms with Crippen LogP contribution < -0.4 is 4.90 Å². The standard InChI is InChI=1S/C22H19N3O/c1-24-20-11-7-6-10-19(20)21(23-25(2)22(24)26)18-14-12-17(13-15-18)16-8-4-3-5-9-16/h3-15H,1-2H3.